The molecule has 0 bridgehead atoms. The predicted molar refractivity (Wildman–Crippen MR) is 101 cm³/mol. The van der Waals surface area contributed by atoms with Gasteiger partial charge in [-0.1, -0.05) is 29.8 Å². The number of anilines is 1. The molecule has 1 aliphatic heterocycles. The van der Waals surface area contributed by atoms with Crippen LogP contribution in [-0.2, 0) is 4.79 Å². The Kier molecular flexibility index (Phi) is 5.09. The van der Waals surface area contributed by atoms with E-state index >= 15 is 0 Å². The van der Waals surface area contributed by atoms with E-state index in [9.17, 15) is 14.4 Å². The molecule has 0 aromatic heterocycles. The van der Waals surface area contributed by atoms with Crippen LogP contribution in [-0.4, -0.2) is 41.6 Å². The molecule has 0 radical (unpaired) electrons. The standard InChI is InChI=1S/C20H19ClN2O3/c1-13-11-23(18-8-4-7-17(21)10-18)19(25)12-22(13)20(26)16-6-3-5-15(9-16)14(2)24/h3-10,13H,11-12H2,1-2H3/t13-/m0/s1. The molecule has 1 fully saturated rings. The van der Waals surface area contributed by atoms with Gasteiger partial charge in [-0.2, -0.15) is 0 Å². The van der Waals surface area contributed by atoms with Gasteiger partial charge >= 0.3 is 0 Å². The summed E-state index contributed by atoms with van der Waals surface area (Å²) in [6.07, 6.45) is 0. The van der Waals surface area contributed by atoms with E-state index in [0.717, 1.165) is 5.69 Å². The number of Topliss-reactive ketones (excluding diaryl/α,β-unsaturated/α-hetero) is 1. The van der Waals surface area contributed by atoms with E-state index in [4.69, 9.17) is 11.6 Å². The Morgan fingerprint density at radius 2 is 1.77 bits per heavy atom. The number of piperazine rings is 1. The van der Waals surface area contributed by atoms with Gasteiger partial charge in [0, 0.05) is 34.4 Å². The van der Waals surface area contributed by atoms with Crippen molar-refractivity contribution >= 4 is 34.9 Å². The summed E-state index contributed by atoms with van der Waals surface area (Å²) in [7, 11) is 0. The molecule has 26 heavy (non-hydrogen) atoms. The van der Waals surface area contributed by atoms with Crippen LogP contribution in [0, 0.1) is 0 Å². The van der Waals surface area contributed by atoms with Gasteiger partial charge in [0.05, 0.1) is 0 Å². The second-order valence-electron chi connectivity index (χ2n) is 6.40. The van der Waals surface area contributed by atoms with Crippen molar-refractivity contribution in [3.63, 3.8) is 0 Å². The summed E-state index contributed by atoms with van der Waals surface area (Å²) in [5.41, 5.74) is 1.61. The van der Waals surface area contributed by atoms with Crippen molar-refractivity contribution < 1.29 is 14.4 Å². The van der Waals surface area contributed by atoms with Gasteiger partial charge in [0.25, 0.3) is 5.91 Å². The molecular formula is C20H19ClN2O3. The number of ketones is 1. The van der Waals surface area contributed by atoms with E-state index in [2.05, 4.69) is 0 Å². The number of carbonyl (C=O) groups excluding carboxylic acids is 3. The fourth-order valence-electron chi connectivity index (χ4n) is 3.05. The lowest BCUT2D eigenvalue weighted by molar-refractivity contribution is -0.121. The molecule has 1 heterocycles. The van der Waals surface area contributed by atoms with Crippen LogP contribution in [0.1, 0.15) is 34.6 Å². The molecule has 2 aromatic carbocycles. The third-order valence-electron chi connectivity index (χ3n) is 4.48. The van der Waals surface area contributed by atoms with Gasteiger partial charge in [-0.3, -0.25) is 14.4 Å². The molecule has 0 N–H and O–H groups in total. The Morgan fingerprint density at radius 1 is 1.08 bits per heavy atom. The molecule has 134 valence electrons. The van der Waals surface area contributed by atoms with Crippen molar-refractivity contribution in [3.05, 3.63) is 64.7 Å². The average molecular weight is 371 g/mol. The van der Waals surface area contributed by atoms with Crippen molar-refractivity contribution in [2.45, 2.75) is 19.9 Å². The monoisotopic (exact) mass is 370 g/mol. The fourth-order valence-corrected chi connectivity index (χ4v) is 3.24. The van der Waals surface area contributed by atoms with Crippen molar-refractivity contribution in [2.75, 3.05) is 18.0 Å². The first-order valence-corrected chi connectivity index (χ1v) is 8.72. The Labute approximate surface area is 157 Å². The number of carbonyl (C=O) groups is 3. The first-order chi connectivity index (χ1) is 12.4. The van der Waals surface area contributed by atoms with Gasteiger partial charge < -0.3 is 9.80 Å². The SMILES string of the molecule is CC(=O)c1cccc(C(=O)N2CC(=O)N(c3cccc(Cl)c3)C[C@@H]2C)c1. The van der Waals surface area contributed by atoms with E-state index in [1.807, 2.05) is 13.0 Å². The molecule has 0 unspecified atom stereocenters. The highest BCUT2D eigenvalue weighted by Crippen LogP contribution is 2.24. The summed E-state index contributed by atoms with van der Waals surface area (Å²) >= 11 is 6.02. The number of nitrogens with zero attached hydrogens (tertiary/aromatic N) is 2. The van der Waals surface area contributed by atoms with E-state index in [-0.39, 0.29) is 30.2 Å². The summed E-state index contributed by atoms with van der Waals surface area (Å²) in [5, 5.41) is 0.558. The van der Waals surface area contributed by atoms with E-state index in [1.165, 1.54) is 6.92 Å². The van der Waals surface area contributed by atoms with Crippen LogP contribution in [0.2, 0.25) is 5.02 Å². The lowest BCUT2D eigenvalue weighted by Gasteiger charge is -2.39. The normalized spacial score (nSPS) is 17.3. The Balaban J connectivity index is 1.81. The molecule has 3 rings (SSSR count). The number of halogens is 1. The molecular weight excluding hydrogens is 352 g/mol. The predicted octanol–water partition coefficient (Wildman–Crippen LogP) is 3.42. The molecule has 0 aliphatic carbocycles. The van der Waals surface area contributed by atoms with Gasteiger partial charge in [-0.05, 0) is 44.2 Å². The molecule has 0 saturated carbocycles. The van der Waals surface area contributed by atoms with E-state index < -0.39 is 0 Å². The highest BCUT2D eigenvalue weighted by atomic mass is 35.5. The Morgan fingerprint density at radius 3 is 2.46 bits per heavy atom. The average Bonchev–Trinajstić information content (AvgIpc) is 2.62. The number of benzene rings is 2. The first-order valence-electron chi connectivity index (χ1n) is 8.34. The van der Waals surface area contributed by atoms with Crippen molar-refractivity contribution in [1.29, 1.82) is 0 Å². The van der Waals surface area contributed by atoms with Gasteiger partial charge in [0.1, 0.15) is 6.54 Å². The molecule has 5 nitrogen and oxygen atoms in total. The smallest absolute Gasteiger partial charge is 0.254 e. The molecule has 0 spiro atoms. The molecule has 2 aromatic rings. The summed E-state index contributed by atoms with van der Waals surface area (Å²) in [5.74, 6) is -0.518. The van der Waals surface area contributed by atoms with Crippen LogP contribution < -0.4 is 4.90 Å². The van der Waals surface area contributed by atoms with Crippen LogP contribution in [0.15, 0.2) is 48.5 Å². The largest absolute Gasteiger partial charge is 0.325 e. The van der Waals surface area contributed by atoms with Gasteiger partial charge in [-0.15, -0.1) is 0 Å². The zero-order valence-corrected chi connectivity index (χ0v) is 15.4. The number of rotatable bonds is 3. The maximum atomic E-state index is 12.9. The molecule has 2 amide bonds. The highest BCUT2D eigenvalue weighted by molar-refractivity contribution is 6.31. The summed E-state index contributed by atoms with van der Waals surface area (Å²) in [6, 6.07) is 13.5. The minimum Gasteiger partial charge on any atom is -0.325 e. The first kappa shape index (κ1) is 18.1. The minimum absolute atomic E-state index is 0.0171. The quantitative estimate of drug-likeness (QED) is 0.778. The van der Waals surface area contributed by atoms with Gasteiger partial charge in [0.15, 0.2) is 5.78 Å². The number of amides is 2. The summed E-state index contributed by atoms with van der Waals surface area (Å²) < 4.78 is 0. The van der Waals surface area contributed by atoms with Crippen molar-refractivity contribution in [3.8, 4) is 0 Å². The topological polar surface area (TPSA) is 57.7 Å². The van der Waals surface area contributed by atoms with Gasteiger partial charge in [0.2, 0.25) is 5.91 Å². The van der Waals surface area contributed by atoms with Crippen LogP contribution in [0.25, 0.3) is 0 Å². The van der Waals surface area contributed by atoms with Gasteiger partial charge in [-0.25, -0.2) is 0 Å². The minimum atomic E-state index is -0.250. The van der Waals surface area contributed by atoms with Crippen LogP contribution >= 0.6 is 11.6 Å². The van der Waals surface area contributed by atoms with Crippen LogP contribution in [0.4, 0.5) is 5.69 Å². The zero-order valence-electron chi connectivity index (χ0n) is 14.6. The maximum absolute atomic E-state index is 12.9. The second-order valence-corrected chi connectivity index (χ2v) is 6.84. The lowest BCUT2D eigenvalue weighted by Crippen LogP contribution is -2.57. The third kappa shape index (κ3) is 3.63. The van der Waals surface area contributed by atoms with Crippen LogP contribution in [0.5, 0.6) is 0 Å². The van der Waals surface area contributed by atoms with Crippen molar-refractivity contribution in [2.24, 2.45) is 0 Å². The summed E-state index contributed by atoms with van der Waals surface area (Å²) in [6.45, 7) is 3.73. The third-order valence-corrected chi connectivity index (χ3v) is 4.72. The second kappa shape index (κ2) is 7.30. The number of hydrogen-bond acceptors (Lipinski definition) is 3. The molecule has 1 atom stereocenters. The molecule has 1 saturated heterocycles. The Hall–Kier alpha value is -2.66. The van der Waals surface area contributed by atoms with E-state index in [1.54, 1.807) is 52.3 Å². The fraction of sp³-hybridized carbons (Fsp3) is 0.250. The molecule has 1 aliphatic rings. The van der Waals surface area contributed by atoms with Crippen LogP contribution in [0.3, 0.4) is 0 Å². The van der Waals surface area contributed by atoms with Crippen molar-refractivity contribution in [1.82, 2.24) is 4.90 Å². The van der Waals surface area contributed by atoms with E-state index in [0.29, 0.717) is 22.7 Å². The highest BCUT2D eigenvalue weighted by Gasteiger charge is 2.33. The lowest BCUT2D eigenvalue weighted by atomic mass is 10.1. The number of hydrogen-bond donors (Lipinski definition) is 0. The molecule has 6 heteroatoms. The summed E-state index contributed by atoms with van der Waals surface area (Å²) in [4.78, 5) is 40.2. The Bertz CT molecular complexity index is 881. The zero-order chi connectivity index (χ0) is 18.8. The maximum Gasteiger partial charge on any atom is 0.254 e.